The quantitative estimate of drug-likeness (QED) is 0.502. The molecule has 0 radical (unpaired) electrons. The lowest BCUT2D eigenvalue weighted by Crippen LogP contribution is -2.11. The Labute approximate surface area is 124 Å². The zero-order valence-corrected chi connectivity index (χ0v) is 11.4. The van der Waals surface area contributed by atoms with Crippen molar-refractivity contribution in [2.45, 2.75) is 6.61 Å². The predicted molar refractivity (Wildman–Crippen MR) is 76.6 cm³/mol. The molecule has 0 saturated heterocycles. The molecule has 0 unspecified atom stereocenters. The average Bonchev–Trinajstić information content (AvgIpc) is 2.46. The number of anilines is 1. The van der Waals surface area contributed by atoms with Crippen LogP contribution in [-0.4, -0.2) is 4.92 Å². The van der Waals surface area contributed by atoms with Gasteiger partial charge in [-0.25, -0.2) is 4.39 Å². The molecule has 0 aromatic heterocycles. The van der Waals surface area contributed by atoms with E-state index >= 15 is 0 Å². The minimum Gasteiger partial charge on any atom is -0.484 e. The van der Waals surface area contributed by atoms with E-state index in [2.05, 4.69) is 5.43 Å². The van der Waals surface area contributed by atoms with E-state index in [1.54, 1.807) is 0 Å². The molecule has 2 rings (SSSR count). The molecule has 6 nitrogen and oxygen atoms in total. The first kappa shape index (κ1) is 15.0. The summed E-state index contributed by atoms with van der Waals surface area (Å²) in [6.07, 6.45) is 0. The fraction of sp³-hybridized carbons (Fsp3) is 0.0769. The largest absolute Gasteiger partial charge is 0.484 e. The van der Waals surface area contributed by atoms with Crippen LogP contribution in [0, 0.1) is 15.9 Å². The van der Waals surface area contributed by atoms with Crippen molar-refractivity contribution in [3.63, 3.8) is 0 Å². The number of halogens is 2. The second-order valence-electron chi connectivity index (χ2n) is 4.08. The number of rotatable bonds is 5. The van der Waals surface area contributed by atoms with Gasteiger partial charge in [0, 0.05) is 17.7 Å². The lowest BCUT2D eigenvalue weighted by Gasteiger charge is -2.12. The highest BCUT2D eigenvalue weighted by Crippen LogP contribution is 2.29. The number of hydrogen-bond acceptors (Lipinski definition) is 5. The van der Waals surface area contributed by atoms with Gasteiger partial charge in [0.05, 0.1) is 15.6 Å². The number of ether oxygens (including phenoxy) is 1. The van der Waals surface area contributed by atoms with Crippen LogP contribution in [0.5, 0.6) is 5.75 Å². The molecule has 3 N–H and O–H groups in total. The Hall–Kier alpha value is -2.38. The number of non-ortho nitro benzene ring substituents is 1. The summed E-state index contributed by atoms with van der Waals surface area (Å²) in [7, 11) is 0. The van der Waals surface area contributed by atoms with Gasteiger partial charge in [0.15, 0.2) is 11.6 Å². The Morgan fingerprint density at radius 2 is 2.14 bits per heavy atom. The number of nitrogen functional groups attached to an aromatic ring is 1. The Kier molecular flexibility index (Phi) is 4.56. The summed E-state index contributed by atoms with van der Waals surface area (Å²) in [5.41, 5.74) is 3.13. The topological polar surface area (TPSA) is 90.4 Å². The minimum atomic E-state index is -0.616. The van der Waals surface area contributed by atoms with Gasteiger partial charge < -0.3 is 10.2 Å². The third-order valence-corrected chi connectivity index (χ3v) is 3.04. The van der Waals surface area contributed by atoms with Crippen molar-refractivity contribution >= 4 is 23.0 Å². The normalized spacial score (nSPS) is 10.2. The van der Waals surface area contributed by atoms with E-state index in [9.17, 15) is 14.5 Å². The van der Waals surface area contributed by atoms with Crippen LogP contribution in [-0.2, 0) is 6.61 Å². The molecular weight excluding hydrogens is 301 g/mol. The number of nitrogens with zero attached hydrogens (tertiary/aromatic N) is 1. The number of para-hydroxylation sites is 1. The maximum Gasteiger partial charge on any atom is 0.269 e. The summed E-state index contributed by atoms with van der Waals surface area (Å²) in [6.45, 7) is -0.123. The predicted octanol–water partition coefficient (Wildman–Crippen LogP) is 3.25. The molecule has 0 saturated carbocycles. The van der Waals surface area contributed by atoms with E-state index in [0.29, 0.717) is 11.3 Å². The molecule has 0 aliphatic heterocycles. The van der Waals surface area contributed by atoms with Gasteiger partial charge >= 0.3 is 0 Å². The fourth-order valence-electron chi connectivity index (χ4n) is 1.72. The second kappa shape index (κ2) is 6.38. The van der Waals surface area contributed by atoms with Gasteiger partial charge in [0.1, 0.15) is 6.61 Å². The average molecular weight is 312 g/mol. The first-order valence-corrected chi connectivity index (χ1v) is 6.21. The Bertz CT molecular complexity index is 661. The highest BCUT2D eigenvalue weighted by molar-refractivity contribution is 6.32. The van der Waals surface area contributed by atoms with Crippen molar-refractivity contribution in [2.75, 3.05) is 5.43 Å². The smallest absolute Gasteiger partial charge is 0.269 e. The molecule has 0 aliphatic rings. The summed E-state index contributed by atoms with van der Waals surface area (Å²) >= 11 is 5.84. The Morgan fingerprint density at radius 3 is 2.76 bits per heavy atom. The van der Waals surface area contributed by atoms with Gasteiger partial charge in [-0.1, -0.05) is 17.7 Å². The first-order valence-electron chi connectivity index (χ1n) is 5.83. The SMILES string of the molecule is NNc1ccc([N+](=O)[O-])cc1COc1c(F)cccc1Cl. The van der Waals surface area contributed by atoms with Crippen LogP contribution >= 0.6 is 11.6 Å². The molecule has 0 heterocycles. The lowest BCUT2D eigenvalue weighted by molar-refractivity contribution is -0.384. The molecular formula is C13H11ClFN3O3. The molecule has 0 atom stereocenters. The highest BCUT2D eigenvalue weighted by Gasteiger charge is 2.13. The Morgan fingerprint density at radius 1 is 1.38 bits per heavy atom. The summed E-state index contributed by atoms with van der Waals surface area (Å²) < 4.78 is 18.9. The van der Waals surface area contributed by atoms with Crippen molar-refractivity contribution in [1.82, 2.24) is 0 Å². The number of hydrogen-bond donors (Lipinski definition) is 2. The molecule has 0 aliphatic carbocycles. The van der Waals surface area contributed by atoms with E-state index in [1.165, 1.54) is 36.4 Å². The maximum absolute atomic E-state index is 13.6. The van der Waals surface area contributed by atoms with E-state index in [-0.39, 0.29) is 23.1 Å². The van der Waals surface area contributed by atoms with Gasteiger partial charge in [0.2, 0.25) is 0 Å². The number of nitro groups is 1. The number of hydrazine groups is 1. The maximum atomic E-state index is 13.6. The third kappa shape index (κ3) is 3.39. The van der Waals surface area contributed by atoms with Crippen LogP contribution in [0.15, 0.2) is 36.4 Å². The molecule has 2 aromatic rings. The Balaban J connectivity index is 2.26. The van der Waals surface area contributed by atoms with Gasteiger partial charge in [-0.2, -0.15) is 0 Å². The van der Waals surface area contributed by atoms with Crippen LogP contribution < -0.4 is 16.0 Å². The van der Waals surface area contributed by atoms with Crippen molar-refractivity contribution in [3.05, 3.63) is 62.9 Å². The van der Waals surface area contributed by atoms with Gasteiger partial charge in [-0.05, 0) is 18.2 Å². The first-order chi connectivity index (χ1) is 10.0. The van der Waals surface area contributed by atoms with E-state index in [4.69, 9.17) is 22.2 Å². The molecule has 0 spiro atoms. The van der Waals surface area contributed by atoms with Crippen LogP contribution in [0.25, 0.3) is 0 Å². The fourth-order valence-corrected chi connectivity index (χ4v) is 1.94. The molecule has 2 aromatic carbocycles. The summed E-state index contributed by atoms with van der Waals surface area (Å²) in [6, 6.07) is 8.18. The summed E-state index contributed by atoms with van der Waals surface area (Å²) in [4.78, 5) is 10.2. The summed E-state index contributed by atoms with van der Waals surface area (Å²) in [5.74, 6) is 4.60. The number of nitrogens with one attached hydrogen (secondary N) is 1. The second-order valence-corrected chi connectivity index (χ2v) is 4.49. The third-order valence-electron chi connectivity index (χ3n) is 2.75. The van der Waals surface area contributed by atoms with Crippen molar-refractivity contribution in [2.24, 2.45) is 5.84 Å². The van der Waals surface area contributed by atoms with Crippen LogP contribution in [0.4, 0.5) is 15.8 Å². The van der Waals surface area contributed by atoms with Crippen molar-refractivity contribution < 1.29 is 14.1 Å². The molecule has 0 fully saturated rings. The molecule has 0 bridgehead atoms. The number of benzene rings is 2. The molecule has 0 amide bonds. The zero-order valence-electron chi connectivity index (χ0n) is 10.7. The highest BCUT2D eigenvalue weighted by atomic mass is 35.5. The van der Waals surface area contributed by atoms with Gasteiger partial charge in [-0.3, -0.25) is 16.0 Å². The summed E-state index contributed by atoms with van der Waals surface area (Å²) in [5, 5.41) is 10.9. The van der Waals surface area contributed by atoms with E-state index < -0.39 is 10.7 Å². The van der Waals surface area contributed by atoms with Crippen LogP contribution in [0.2, 0.25) is 5.02 Å². The van der Waals surface area contributed by atoms with Crippen LogP contribution in [0.3, 0.4) is 0 Å². The van der Waals surface area contributed by atoms with Crippen molar-refractivity contribution in [1.29, 1.82) is 0 Å². The van der Waals surface area contributed by atoms with Crippen molar-refractivity contribution in [3.8, 4) is 5.75 Å². The number of nitrogens with two attached hydrogens (primary N) is 1. The van der Waals surface area contributed by atoms with Gasteiger partial charge in [0.25, 0.3) is 5.69 Å². The number of nitro benzene ring substituents is 1. The van der Waals surface area contributed by atoms with Crippen LogP contribution in [0.1, 0.15) is 5.56 Å². The molecule has 110 valence electrons. The van der Waals surface area contributed by atoms with E-state index in [0.717, 1.165) is 0 Å². The zero-order chi connectivity index (χ0) is 15.4. The lowest BCUT2D eigenvalue weighted by atomic mass is 10.1. The standard InChI is InChI=1S/C13H11ClFN3O3/c14-10-2-1-3-11(15)13(10)21-7-8-6-9(18(19)20)4-5-12(8)17-16/h1-6,17H,7,16H2. The molecule has 21 heavy (non-hydrogen) atoms. The molecule has 8 heteroatoms. The monoisotopic (exact) mass is 311 g/mol. The minimum absolute atomic E-state index is 0.114. The van der Waals surface area contributed by atoms with E-state index in [1.807, 2.05) is 0 Å². The van der Waals surface area contributed by atoms with Gasteiger partial charge in [-0.15, -0.1) is 0 Å².